The number of amides is 1. The minimum absolute atomic E-state index is 0.127. The number of benzene rings is 1. The lowest BCUT2D eigenvalue weighted by atomic mass is 10.1. The van der Waals surface area contributed by atoms with Crippen LogP contribution in [0.1, 0.15) is 36.8 Å². The number of halogens is 1. The van der Waals surface area contributed by atoms with E-state index < -0.39 is 0 Å². The fourth-order valence-corrected chi connectivity index (χ4v) is 2.27. The number of aryl methyl sites for hydroxylation is 2. The molecule has 1 amide bonds. The van der Waals surface area contributed by atoms with Gasteiger partial charge in [-0.3, -0.25) is 10.2 Å². The lowest BCUT2D eigenvalue weighted by Crippen LogP contribution is -2.29. The zero-order valence-electron chi connectivity index (χ0n) is 11.5. The molecule has 5 heteroatoms. The first-order valence-corrected chi connectivity index (χ1v) is 6.81. The van der Waals surface area contributed by atoms with Crippen molar-refractivity contribution in [3.63, 3.8) is 0 Å². The van der Waals surface area contributed by atoms with Gasteiger partial charge in [0.05, 0.1) is 11.6 Å². The lowest BCUT2D eigenvalue weighted by Gasteiger charge is -2.11. The maximum Gasteiger partial charge on any atom is 0.233 e. The Kier molecular flexibility index (Phi) is 6.67. The van der Waals surface area contributed by atoms with Crippen LogP contribution < -0.4 is 16.0 Å². The van der Waals surface area contributed by atoms with E-state index in [1.165, 1.54) is 0 Å². The first-order valence-electron chi connectivity index (χ1n) is 6.43. The van der Waals surface area contributed by atoms with Crippen LogP contribution in [0.25, 0.3) is 0 Å². The summed E-state index contributed by atoms with van der Waals surface area (Å²) < 4.78 is 5.70. The van der Waals surface area contributed by atoms with Crippen LogP contribution >= 0.6 is 11.6 Å². The van der Waals surface area contributed by atoms with E-state index in [2.05, 4.69) is 5.43 Å². The highest BCUT2D eigenvalue weighted by atomic mass is 35.5. The highest BCUT2D eigenvalue weighted by Crippen LogP contribution is 2.29. The first-order chi connectivity index (χ1) is 9.04. The van der Waals surface area contributed by atoms with Gasteiger partial charge in [-0.1, -0.05) is 17.7 Å². The van der Waals surface area contributed by atoms with Crippen molar-refractivity contribution < 1.29 is 9.53 Å². The third-order valence-electron chi connectivity index (χ3n) is 2.83. The van der Waals surface area contributed by atoms with Crippen LogP contribution in [0.3, 0.4) is 0 Å². The van der Waals surface area contributed by atoms with E-state index in [1.807, 2.05) is 26.0 Å². The Bertz CT molecular complexity index is 412. The number of hydrogen-bond donors (Lipinski definition) is 2. The van der Waals surface area contributed by atoms with Crippen LogP contribution in [-0.2, 0) is 4.79 Å². The summed E-state index contributed by atoms with van der Waals surface area (Å²) in [5.74, 6) is 5.63. The molecule has 0 heterocycles. The van der Waals surface area contributed by atoms with E-state index in [-0.39, 0.29) is 5.91 Å². The summed E-state index contributed by atoms with van der Waals surface area (Å²) in [7, 11) is 0. The normalized spacial score (nSPS) is 10.3. The lowest BCUT2D eigenvalue weighted by molar-refractivity contribution is -0.121. The molecular weight excluding hydrogens is 264 g/mol. The van der Waals surface area contributed by atoms with Crippen molar-refractivity contribution in [3.05, 3.63) is 28.3 Å². The Morgan fingerprint density at radius 3 is 2.68 bits per heavy atom. The number of nitrogens with one attached hydrogen (secondary N) is 1. The second-order valence-electron chi connectivity index (χ2n) is 4.62. The second-order valence-corrected chi connectivity index (χ2v) is 5.03. The summed E-state index contributed by atoms with van der Waals surface area (Å²) in [5.41, 5.74) is 4.29. The van der Waals surface area contributed by atoms with Crippen LogP contribution in [-0.4, -0.2) is 12.5 Å². The van der Waals surface area contributed by atoms with Gasteiger partial charge in [-0.15, -0.1) is 0 Å². The molecule has 0 fully saturated rings. The summed E-state index contributed by atoms with van der Waals surface area (Å²) in [6.45, 7) is 4.60. The minimum Gasteiger partial charge on any atom is -0.492 e. The van der Waals surface area contributed by atoms with Crippen LogP contribution in [0.5, 0.6) is 5.75 Å². The molecule has 0 aromatic heterocycles. The molecule has 0 saturated carbocycles. The molecule has 0 unspecified atom stereocenters. The van der Waals surface area contributed by atoms with Crippen molar-refractivity contribution >= 4 is 17.5 Å². The SMILES string of the molecule is Cc1cc(C)c(OCCCCCC(=O)NN)c(Cl)c1. The van der Waals surface area contributed by atoms with Gasteiger partial charge >= 0.3 is 0 Å². The molecule has 0 spiro atoms. The molecule has 0 aliphatic heterocycles. The van der Waals surface area contributed by atoms with Crippen molar-refractivity contribution in [2.75, 3.05) is 6.61 Å². The third kappa shape index (κ3) is 5.49. The predicted octanol–water partition coefficient (Wildman–Crippen LogP) is 2.89. The van der Waals surface area contributed by atoms with Gasteiger partial charge in [-0.2, -0.15) is 0 Å². The van der Waals surface area contributed by atoms with E-state index in [0.717, 1.165) is 36.1 Å². The third-order valence-corrected chi connectivity index (χ3v) is 3.11. The van der Waals surface area contributed by atoms with Crippen molar-refractivity contribution in [3.8, 4) is 5.75 Å². The van der Waals surface area contributed by atoms with Crippen LogP contribution in [0, 0.1) is 13.8 Å². The van der Waals surface area contributed by atoms with Gasteiger partial charge < -0.3 is 4.74 Å². The standard InChI is InChI=1S/C14H21ClN2O2/c1-10-8-11(2)14(12(15)9-10)19-7-5-3-4-6-13(18)17-16/h8-9H,3-7,16H2,1-2H3,(H,17,18). The Labute approximate surface area is 119 Å². The molecule has 1 aromatic rings. The number of hydrogen-bond acceptors (Lipinski definition) is 3. The number of rotatable bonds is 7. The number of nitrogens with two attached hydrogens (primary N) is 1. The molecule has 0 atom stereocenters. The molecule has 106 valence electrons. The van der Waals surface area contributed by atoms with Gasteiger partial charge in [0.1, 0.15) is 5.75 Å². The summed E-state index contributed by atoms with van der Waals surface area (Å²) in [6, 6.07) is 3.95. The van der Waals surface area contributed by atoms with E-state index in [1.54, 1.807) is 0 Å². The zero-order chi connectivity index (χ0) is 14.3. The molecule has 3 N–H and O–H groups in total. The fourth-order valence-electron chi connectivity index (χ4n) is 1.90. The highest BCUT2D eigenvalue weighted by molar-refractivity contribution is 6.32. The first kappa shape index (κ1) is 15.8. The fraction of sp³-hybridized carbons (Fsp3) is 0.500. The number of ether oxygens (including phenoxy) is 1. The number of unbranched alkanes of at least 4 members (excludes halogenated alkanes) is 2. The van der Waals surface area contributed by atoms with Crippen molar-refractivity contribution in [2.24, 2.45) is 5.84 Å². The number of carbonyl (C=O) groups excluding carboxylic acids is 1. The number of hydrazine groups is 1. The van der Waals surface area contributed by atoms with Gasteiger partial charge in [0, 0.05) is 6.42 Å². The Morgan fingerprint density at radius 1 is 1.32 bits per heavy atom. The van der Waals surface area contributed by atoms with Gasteiger partial charge in [-0.25, -0.2) is 5.84 Å². The zero-order valence-corrected chi connectivity index (χ0v) is 12.2. The van der Waals surface area contributed by atoms with Crippen molar-refractivity contribution in [1.82, 2.24) is 5.43 Å². The molecular formula is C14H21ClN2O2. The van der Waals surface area contributed by atoms with E-state index in [9.17, 15) is 4.79 Å². The maximum atomic E-state index is 10.9. The average molecular weight is 285 g/mol. The van der Waals surface area contributed by atoms with Crippen LogP contribution in [0.15, 0.2) is 12.1 Å². The van der Waals surface area contributed by atoms with Crippen LogP contribution in [0.4, 0.5) is 0 Å². The number of carbonyl (C=O) groups is 1. The maximum absolute atomic E-state index is 10.9. The topological polar surface area (TPSA) is 64.3 Å². The molecule has 1 aromatic carbocycles. The molecule has 0 saturated heterocycles. The quantitative estimate of drug-likeness (QED) is 0.350. The summed E-state index contributed by atoms with van der Waals surface area (Å²) in [4.78, 5) is 10.9. The summed E-state index contributed by atoms with van der Waals surface area (Å²) in [5, 5.41) is 0.653. The molecule has 1 rings (SSSR count). The monoisotopic (exact) mass is 284 g/mol. The van der Waals surface area contributed by atoms with Gasteiger partial charge in [-0.05, 0) is 50.3 Å². The Balaban J connectivity index is 2.28. The molecule has 0 radical (unpaired) electrons. The predicted molar refractivity (Wildman–Crippen MR) is 77.2 cm³/mol. The van der Waals surface area contributed by atoms with E-state index >= 15 is 0 Å². The highest BCUT2D eigenvalue weighted by Gasteiger charge is 2.06. The summed E-state index contributed by atoms with van der Waals surface area (Å²) in [6.07, 6.45) is 3.09. The summed E-state index contributed by atoms with van der Waals surface area (Å²) >= 11 is 6.14. The Hall–Kier alpha value is -1.26. The van der Waals surface area contributed by atoms with Gasteiger partial charge in [0.2, 0.25) is 5.91 Å². The molecule has 4 nitrogen and oxygen atoms in total. The second kappa shape index (κ2) is 8.02. The van der Waals surface area contributed by atoms with Gasteiger partial charge in [0.15, 0.2) is 0 Å². The molecule has 0 aliphatic rings. The van der Waals surface area contributed by atoms with E-state index in [0.29, 0.717) is 18.1 Å². The van der Waals surface area contributed by atoms with E-state index in [4.69, 9.17) is 22.2 Å². The average Bonchev–Trinajstić information content (AvgIpc) is 2.35. The van der Waals surface area contributed by atoms with Crippen molar-refractivity contribution in [2.45, 2.75) is 39.5 Å². The Morgan fingerprint density at radius 2 is 2.05 bits per heavy atom. The molecule has 0 aliphatic carbocycles. The van der Waals surface area contributed by atoms with Crippen LogP contribution in [0.2, 0.25) is 5.02 Å². The smallest absolute Gasteiger partial charge is 0.233 e. The molecule has 19 heavy (non-hydrogen) atoms. The van der Waals surface area contributed by atoms with Crippen molar-refractivity contribution in [1.29, 1.82) is 0 Å². The molecule has 0 bridgehead atoms. The van der Waals surface area contributed by atoms with Gasteiger partial charge in [0.25, 0.3) is 0 Å². The minimum atomic E-state index is -0.127. The largest absolute Gasteiger partial charge is 0.492 e.